The van der Waals surface area contributed by atoms with Crippen molar-refractivity contribution in [2.75, 3.05) is 19.0 Å². The van der Waals surface area contributed by atoms with Gasteiger partial charge in [-0.3, -0.25) is 4.79 Å². The molecule has 0 heterocycles. The molecule has 1 aromatic rings. The SMILES string of the molecule is COc1cc(Br)cc(NCC2(O)CCC(C(=O)O)CC2)c1. The number of halogens is 1. The van der Waals surface area contributed by atoms with Crippen LogP contribution in [0.25, 0.3) is 0 Å². The van der Waals surface area contributed by atoms with Crippen molar-refractivity contribution in [3.05, 3.63) is 22.7 Å². The number of carboxylic acids is 1. The largest absolute Gasteiger partial charge is 0.497 e. The van der Waals surface area contributed by atoms with Crippen molar-refractivity contribution in [3.8, 4) is 5.75 Å². The van der Waals surface area contributed by atoms with Crippen molar-refractivity contribution in [3.63, 3.8) is 0 Å². The first-order chi connectivity index (χ1) is 9.92. The van der Waals surface area contributed by atoms with E-state index in [0.717, 1.165) is 15.9 Å². The maximum atomic E-state index is 10.9. The van der Waals surface area contributed by atoms with Gasteiger partial charge in [-0.1, -0.05) is 15.9 Å². The standard InChI is InChI=1S/C15H20BrNO4/c1-21-13-7-11(16)6-12(8-13)17-9-15(20)4-2-10(3-5-15)14(18)19/h6-8,10,17,20H,2-5,9H2,1H3,(H,18,19). The number of rotatable bonds is 5. The summed E-state index contributed by atoms with van der Waals surface area (Å²) in [6, 6.07) is 5.63. The molecule has 0 bridgehead atoms. The number of ether oxygens (including phenoxy) is 1. The molecule has 116 valence electrons. The molecule has 3 N–H and O–H groups in total. The van der Waals surface area contributed by atoms with Crippen molar-refractivity contribution in [2.45, 2.75) is 31.3 Å². The van der Waals surface area contributed by atoms with E-state index in [1.54, 1.807) is 7.11 Å². The van der Waals surface area contributed by atoms with Crippen molar-refractivity contribution < 1.29 is 19.7 Å². The third kappa shape index (κ3) is 4.35. The molecule has 1 fully saturated rings. The van der Waals surface area contributed by atoms with E-state index in [-0.39, 0.29) is 5.92 Å². The number of methoxy groups -OCH3 is 1. The number of benzene rings is 1. The lowest BCUT2D eigenvalue weighted by Crippen LogP contribution is -2.41. The summed E-state index contributed by atoms with van der Waals surface area (Å²) >= 11 is 3.41. The van der Waals surface area contributed by atoms with E-state index in [1.165, 1.54) is 0 Å². The quantitative estimate of drug-likeness (QED) is 0.754. The molecule has 0 amide bonds. The Hall–Kier alpha value is -1.27. The summed E-state index contributed by atoms with van der Waals surface area (Å²) in [7, 11) is 1.60. The maximum absolute atomic E-state index is 10.9. The number of anilines is 1. The number of carbonyl (C=O) groups is 1. The highest BCUT2D eigenvalue weighted by atomic mass is 79.9. The zero-order valence-electron chi connectivity index (χ0n) is 11.9. The van der Waals surface area contributed by atoms with Gasteiger partial charge >= 0.3 is 5.97 Å². The van der Waals surface area contributed by atoms with Gasteiger partial charge in [0.2, 0.25) is 0 Å². The Bertz CT molecular complexity index is 512. The fourth-order valence-electron chi connectivity index (χ4n) is 2.63. The van der Waals surface area contributed by atoms with Crippen LogP contribution in [0.5, 0.6) is 5.75 Å². The van der Waals surface area contributed by atoms with Crippen LogP contribution in [-0.4, -0.2) is 35.4 Å². The van der Waals surface area contributed by atoms with Gasteiger partial charge in [0.15, 0.2) is 0 Å². The molecule has 1 aliphatic carbocycles. The number of hydrogen-bond donors (Lipinski definition) is 3. The molecular weight excluding hydrogens is 338 g/mol. The molecular formula is C15H20BrNO4. The van der Waals surface area contributed by atoms with E-state index in [0.29, 0.717) is 32.2 Å². The second kappa shape index (κ2) is 6.66. The van der Waals surface area contributed by atoms with E-state index in [1.807, 2.05) is 18.2 Å². The normalized spacial score (nSPS) is 25.4. The minimum Gasteiger partial charge on any atom is -0.497 e. The van der Waals surface area contributed by atoms with Crippen LogP contribution in [0.4, 0.5) is 5.69 Å². The molecule has 0 radical (unpaired) electrons. The molecule has 1 aromatic carbocycles. The van der Waals surface area contributed by atoms with Crippen LogP contribution in [0, 0.1) is 5.92 Å². The predicted molar refractivity (Wildman–Crippen MR) is 83.7 cm³/mol. The highest BCUT2D eigenvalue weighted by Crippen LogP contribution is 2.33. The number of hydrogen-bond acceptors (Lipinski definition) is 4. The third-order valence-corrected chi connectivity index (χ3v) is 4.45. The molecule has 2 rings (SSSR count). The number of carboxylic acid groups (broad SMARTS) is 1. The van der Waals surface area contributed by atoms with Gasteiger partial charge in [-0.2, -0.15) is 0 Å². The topological polar surface area (TPSA) is 78.8 Å². The summed E-state index contributed by atoms with van der Waals surface area (Å²) in [5.41, 5.74) is 0.0108. The van der Waals surface area contributed by atoms with Gasteiger partial charge in [0.1, 0.15) is 5.75 Å². The Labute approximate surface area is 132 Å². The molecule has 5 nitrogen and oxygen atoms in total. The summed E-state index contributed by atoms with van der Waals surface area (Å²) < 4.78 is 6.09. The van der Waals surface area contributed by atoms with Crippen LogP contribution in [0.3, 0.4) is 0 Å². The van der Waals surface area contributed by atoms with E-state index in [9.17, 15) is 9.90 Å². The Balaban J connectivity index is 1.94. The highest BCUT2D eigenvalue weighted by Gasteiger charge is 2.35. The fraction of sp³-hybridized carbons (Fsp3) is 0.533. The van der Waals surface area contributed by atoms with Gasteiger partial charge in [-0.05, 0) is 37.8 Å². The second-order valence-electron chi connectivity index (χ2n) is 5.57. The molecule has 0 atom stereocenters. The molecule has 6 heteroatoms. The lowest BCUT2D eigenvalue weighted by Gasteiger charge is -2.35. The molecule has 1 aliphatic rings. The average Bonchev–Trinajstić information content (AvgIpc) is 2.45. The zero-order chi connectivity index (χ0) is 15.5. The zero-order valence-corrected chi connectivity index (χ0v) is 13.5. The molecule has 0 aromatic heterocycles. The summed E-state index contributed by atoms with van der Waals surface area (Å²) in [6.45, 7) is 0.402. The fourth-order valence-corrected chi connectivity index (χ4v) is 3.10. The number of nitrogens with one attached hydrogen (secondary N) is 1. The van der Waals surface area contributed by atoms with E-state index in [4.69, 9.17) is 9.84 Å². The molecule has 21 heavy (non-hydrogen) atoms. The first-order valence-electron chi connectivity index (χ1n) is 6.95. The first-order valence-corrected chi connectivity index (χ1v) is 7.75. The Morgan fingerprint density at radius 3 is 2.67 bits per heavy atom. The smallest absolute Gasteiger partial charge is 0.306 e. The van der Waals surface area contributed by atoms with Gasteiger partial charge in [0, 0.05) is 22.8 Å². The molecule has 0 unspecified atom stereocenters. The Kier molecular flexibility index (Phi) is 5.11. The van der Waals surface area contributed by atoms with Gasteiger partial charge in [-0.25, -0.2) is 0 Å². The number of aliphatic hydroxyl groups is 1. The van der Waals surface area contributed by atoms with E-state index in [2.05, 4.69) is 21.2 Å². The summed E-state index contributed by atoms with van der Waals surface area (Å²) in [5, 5.41) is 22.7. The van der Waals surface area contributed by atoms with Crippen LogP contribution in [0.15, 0.2) is 22.7 Å². The van der Waals surface area contributed by atoms with E-state index >= 15 is 0 Å². The van der Waals surface area contributed by atoms with Crippen LogP contribution in [0.2, 0.25) is 0 Å². The maximum Gasteiger partial charge on any atom is 0.306 e. The van der Waals surface area contributed by atoms with Gasteiger partial charge in [0.25, 0.3) is 0 Å². The molecule has 0 spiro atoms. The molecule has 0 saturated heterocycles. The van der Waals surface area contributed by atoms with Crippen molar-refractivity contribution >= 4 is 27.6 Å². The Morgan fingerprint density at radius 1 is 1.43 bits per heavy atom. The monoisotopic (exact) mass is 357 g/mol. The van der Waals surface area contributed by atoms with Crippen molar-refractivity contribution in [1.29, 1.82) is 0 Å². The van der Waals surface area contributed by atoms with E-state index < -0.39 is 11.6 Å². The van der Waals surface area contributed by atoms with Crippen LogP contribution in [-0.2, 0) is 4.79 Å². The van der Waals surface area contributed by atoms with Crippen molar-refractivity contribution in [1.82, 2.24) is 0 Å². The minimum absolute atomic E-state index is 0.323. The lowest BCUT2D eigenvalue weighted by molar-refractivity contribution is -0.144. The highest BCUT2D eigenvalue weighted by molar-refractivity contribution is 9.10. The van der Waals surface area contributed by atoms with Gasteiger partial charge in [-0.15, -0.1) is 0 Å². The van der Waals surface area contributed by atoms with Crippen LogP contribution in [0.1, 0.15) is 25.7 Å². The number of aliphatic carboxylic acids is 1. The van der Waals surface area contributed by atoms with Gasteiger partial charge in [0.05, 0.1) is 18.6 Å². The Morgan fingerprint density at radius 2 is 2.10 bits per heavy atom. The second-order valence-corrected chi connectivity index (χ2v) is 6.49. The van der Waals surface area contributed by atoms with Gasteiger partial charge < -0.3 is 20.3 Å². The first kappa shape index (κ1) is 16.1. The van der Waals surface area contributed by atoms with Crippen LogP contribution < -0.4 is 10.1 Å². The third-order valence-electron chi connectivity index (χ3n) is 3.99. The van der Waals surface area contributed by atoms with Crippen molar-refractivity contribution in [2.24, 2.45) is 5.92 Å². The summed E-state index contributed by atoms with van der Waals surface area (Å²) in [6.07, 6.45) is 2.05. The summed E-state index contributed by atoms with van der Waals surface area (Å²) in [4.78, 5) is 10.9. The molecule has 0 aliphatic heterocycles. The summed E-state index contributed by atoms with van der Waals surface area (Å²) in [5.74, 6) is -0.355. The predicted octanol–water partition coefficient (Wildman–Crippen LogP) is 2.88. The lowest BCUT2D eigenvalue weighted by atomic mass is 9.79. The molecule has 1 saturated carbocycles. The average molecular weight is 358 g/mol. The van der Waals surface area contributed by atoms with Crippen LogP contribution >= 0.6 is 15.9 Å². The minimum atomic E-state index is -0.846.